The first kappa shape index (κ1) is 19.1. The van der Waals surface area contributed by atoms with Gasteiger partial charge in [0.1, 0.15) is 5.69 Å². The quantitative estimate of drug-likeness (QED) is 0.818. The number of nitrogens with two attached hydrogens (primary N) is 1. The number of hydrogen-bond donors (Lipinski definition) is 1. The van der Waals surface area contributed by atoms with Crippen molar-refractivity contribution in [3.05, 3.63) is 70.1 Å². The molecule has 2 heterocycles. The molecule has 2 aliphatic rings. The van der Waals surface area contributed by atoms with Gasteiger partial charge in [0.05, 0.1) is 0 Å². The summed E-state index contributed by atoms with van der Waals surface area (Å²) >= 11 is 0. The molecule has 1 aliphatic heterocycles. The van der Waals surface area contributed by atoms with Crippen LogP contribution in [0.1, 0.15) is 52.3 Å². The Hall–Kier alpha value is -3.21. The summed E-state index contributed by atoms with van der Waals surface area (Å²) in [5, 5.41) is 0. The van der Waals surface area contributed by atoms with Crippen molar-refractivity contribution in [1.29, 1.82) is 0 Å². The maximum absolute atomic E-state index is 12.1. The zero-order valence-corrected chi connectivity index (χ0v) is 17.1. The molecule has 1 aromatic heterocycles. The van der Waals surface area contributed by atoms with Gasteiger partial charge in [0.2, 0.25) is 5.91 Å². The van der Waals surface area contributed by atoms with Crippen LogP contribution < -0.4 is 5.73 Å². The van der Waals surface area contributed by atoms with Crippen LogP contribution in [0.3, 0.4) is 0 Å². The average molecular weight is 387 g/mol. The molecule has 0 spiro atoms. The fourth-order valence-electron chi connectivity index (χ4n) is 4.63. The Labute approximate surface area is 170 Å². The zero-order chi connectivity index (χ0) is 20.9. The smallest absolute Gasteiger partial charge is 0.267 e. The Balaban J connectivity index is 1.92. The number of aromatic nitrogens is 1. The molecule has 2 aromatic rings. The first-order chi connectivity index (χ1) is 13.8. The molecule has 2 amide bonds. The molecule has 0 saturated heterocycles. The van der Waals surface area contributed by atoms with Crippen LogP contribution in [-0.4, -0.2) is 28.2 Å². The molecule has 0 saturated carbocycles. The van der Waals surface area contributed by atoms with E-state index in [2.05, 4.69) is 37.5 Å². The maximum Gasteiger partial charge on any atom is 0.267 e. The van der Waals surface area contributed by atoms with Gasteiger partial charge in [-0.1, -0.05) is 30.4 Å². The molecule has 5 nitrogen and oxygen atoms in total. The van der Waals surface area contributed by atoms with E-state index >= 15 is 0 Å². The molecular weight excluding hydrogens is 362 g/mol. The Morgan fingerprint density at radius 1 is 1.17 bits per heavy atom. The number of hydrogen-bond acceptors (Lipinski definition) is 3. The molecule has 5 heteroatoms. The zero-order valence-electron chi connectivity index (χ0n) is 17.1. The van der Waals surface area contributed by atoms with Crippen LogP contribution in [-0.2, 0) is 24.2 Å². The van der Waals surface area contributed by atoms with Gasteiger partial charge in [-0.15, -0.1) is 0 Å². The highest BCUT2D eigenvalue weighted by molar-refractivity contribution is 5.99. The lowest BCUT2D eigenvalue weighted by molar-refractivity contribution is -0.126. The van der Waals surface area contributed by atoms with E-state index < -0.39 is 5.91 Å². The van der Waals surface area contributed by atoms with Gasteiger partial charge >= 0.3 is 0 Å². The van der Waals surface area contributed by atoms with Gasteiger partial charge in [-0.25, -0.2) is 4.98 Å². The highest BCUT2D eigenvalue weighted by atomic mass is 16.2. The SMILES string of the molecule is C=CC(=O)N1CCc2c(cccc2-c2c(C)nc(C(N)=O)c3c2C(C)=C(C)C3)C1. The number of primary amides is 1. The lowest BCUT2D eigenvalue weighted by Crippen LogP contribution is -2.35. The van der Waals surface area contributed by atoms with Crippen LogP contribution in [0.15, 0.2) is 36.4 Å². The van der Waals surface area contributed by atoms with Gasteiger partial charge in [0.15, 0.2) is 0 Å². The summed E-state index contributed by atoms with van der Waals surface area (Å²) in [6.45, 7) is 11.0. The van der Waals surface area contributed by atoms with E-state index in [1.54, 1.807) is 0 Å². The molecular formula is C24H25N3O2. The van der Waals surface area contributed by atoms with Crippen molar-refractivity contribution in [2.45, 2.75) is 40.2 Å². The van der Waals surface area contributed by atoms with E-state index in [4.69, 9.17) is 5.73 Å². The van der Waals surface area contributed by atoms with Gasteiger partial charge in [-0.05, 0) is 73.1 Å². The number of aryl methyl sites for hydroxylation is 1. The maximum atomic E-state index is 12.1. The molecule has 1 aromatic carbocycles. The van der Waals surface area contributed by atoms with Crippen LogP contribution in [0.4, 0.5) is 0 Å². The van der Waals surface area contributed by atoms with E-state index in [1.165, 1.54) is 22.8 Å². The topological polar surface area (TPSA) is 76.3 Å². The minimum Gasteiger partial charge on any atom is -0.364 e. The molecule has 0 bridgehead atoms. The molecule has 2 N–H and O–H groups in total. The van der Waals surface area contributed by atoms with Crippen molar-refractivity contribution in [3.63, 3.8) is 0 Å². The van der Waals surface area contributed by atoms with Crippen molar-refractivity contribution in [3.8, 4) is 11.1 Å². The van der Waals surface area contributed by atoms with Gasteiger partial charge in [-0.2, -0.15) is 0 Å². The van der Waals surface area contributed by atoms with E-state index in [1.807, 2.05) is 17.9 Å². The van der Waals surface area contributed by atoms with Crippen LogP contribution in [0.5, 0.6) is 0 Å². The van der Waals surface area contributed by atoms with Crippen LogP contribution in [0, 0.1) is 6.92 Å². The molecule has 0 fully saturated rings. The summed E-state index contributed by atoms with van der Waals surface area (Å²) in [5.74, 6) is -0.521. The van der Waals surface area contributed by atoms with E-state index in [0.29, 0.717) is 25.2 Å². The number of rotatable bonds is 3. The Bertz CT molecular complexity index is 1110. The third-order valence-electron chi connectivity index (χ3n) is 6.19. The molecule has 4 rings (SSSR count). The van der Waals surface area contributed by atoms with Gasteiger partial charge in [0.25, 0.3) is 5.91 Å². The highest BCUT2D eigenvalue weighted by Gasteiger charge is 2.30. The second-order valence-electron chi connectivity index (χ2n) is 7.88. The predicted molar refractivity (Wildman–Crippen MR) is 114 cm³/mol. The van der Waals surface area contributed by atoms with Gasteiger partial charge < -0.3 is 10.6 Å². The first-order valence-corrected chi connectivity index (χ1v) is 9.86. The Morgan fingerprint density at radius 2 is 1.93 bits per heavy atom. The molecule has 0 unspecified atom stereocenters. The minimum atomic E-state index is -0.480. The van der Waals surface area contributed by atoms with Crippen molar-refractivity contribution < 1.29 is 9.59 Å². The number of allylic oxidation sites excluding steroid dienone is 2. The number of benzene rings is 1. The molecule has 0 atom stereocenters. The monoisotopic (exact) mass is 387 g/mol. The third kappa shape index (κ3) is 2.97. The fraction of sp³-hybridized carbons (Fsp3) is 0.292. The Kier molecular flexibility index (Phi) is 4.61. The van der Waals surface area contributed by atoms with Crippen molar-refractivity contribution in [1.82, 2.24) is 9.88 Å². The summed E-state index contributed by atoms with van der Waals surface area (Å²) in [4.78, 5) is 30.5. The standard InChI is InChI=1S/C24H25N3O2/c1-5-20(28)27-10-9-17-16(12-27)7-6-8-18(17)22-15(4)26-23(24(25)29)19-11-13(2)14(3)21(19)22/h5-8H,1,9-12H2,2-4H3,(H2,25,29). The first-order valence-electron chi connectivity index (χ1n) is 9.86. The predicted octanol–water partition coefficient (Wildman–Crippen LogP) is 3.58. The summed E-state index contributed by atoms with van der Waals surface area (Å²) in [7, 11) is 0. The summed E-state index contributed by atoms with van der Waals surface area (Å²) in [6.07, 6.45) is 2.85. The second-order valence-corrected chi connectivity index (χ2v) is 7.88. The number of carbonyl (C=O) groups excluding carboxylic acids is 2. The Morgan fingerprint density at radius 3 is 2.62 bits per heavy atom. The van der Waals surface area contributed by atoms with Crippen molar-refractivity contribution in [2.24, 2.45) is 5.73 Å². The lowest BCUT2D eigenvalue weighted by atomic mass is 9.85. The average Bonchev–Trinajstić information content (AvgIpc) is 3.00. The van der Waals surface area contributed by atoms with Crippen LogP contribution in [0.25, 0.3) is 16.7 Å². The summed E-state index contributed by atoms with van der Waals surface area (Å²) in [6, 6.07) is 6.24. The second kappa shape index (κ2) is 6.99. The van der Waals surface area contributed by atoms with Gasteiger partial charge in [0, 0.05) is 24.3 Å². The van der Waals surface area contributed by atoms with E-state index in [9.17, 15) is 9.59 Å². The summed E-state index contributed by atoms with van der Waals surface area (Å²) < 4.78 is 0. The summed E-state index contributed by atoms with van der Waals surface area (Å²) in [5.41, 5.74) is 15.9. The minimum absolute atomic E-state index is 0.0417. The van der Waals surface area contributed by atoms with Crippen molar-refractivity contribution >= 4 is 17.4 Å². The molecule has 0 radical (unpaired) electrons. The number of pyridine rings is 1. The van der Waals surface area contributed by atoms with E-state index in [-0.39, 0.29) is 5.91 Å². The third-order valence-corrected chi connectivity index (χ3v) is 6.19. The van der Waals surface area contributed by atoms with Crippen LogP contribution in [0.2, 0.25) is 0 Å². The lowest BCUT2D eigenvalue weighted by Gasteiger charge is -2.30. The van der Waals surface area contributed by atoms with E-state index in [0.717, 1.165) is 39.9 Å². The largest absolute Gasteiger partial charge is 0.364 e. The molecule has 1 aliphatic carbocycles. The number of amides is 2. The number of carbonyl (C=O) groups is 2. The number of nitrogens with zero attached hydrogens (tertiary/aromatic N) is 2. The normalized spacial score (nSPS) is 15.2. The molecule has 148 valence electrons. The molecule has 29 heavy (non-hydrogen) atoms. The fourth-order valence-corrected chi connectivity index (χ4v) is 4.63. The van der Waals surface area contributed by atoms with Gasteiger partial charge in [-0.3, -0.25) is 9.59 Å². The van der Waals surface area contributed by atoms with Crippen LogP contribution >= 0.6 is 0 Å². The number of fused-ring (bicyclic) bond motifs is 2. The highest BCUT2D eigenvalue weighted by Crippen LogP contribution is 2.43. The van der Waals surface area contributed by atoms with Crippen molar-refractivity contribution in [2.75, 3.05) is 6.54 Å².